The van der Waals surface area contributed by atoms with Crippen LogP contribution in [-0.2, 0) is 7.05 Å². The third-order valence-corrected chi connectivity index (χ3v) is 2.87. The number of rotatable bonds is 4. The number of aryl methyl sites for hydroxylation is 1. The SMILES string of the molecule is CN(/N=C/c1cc[n+](C)cc1)c1ccc(C(=O)O)cc1.[Cl-]. The Morgan fingerprint density at radius 3 is 2.29 bits per heavy atom. The molecular formula is C15H16ClN3O2. The molecule has 0 atom stereocenters. The van der Waals surface area contributed by atoms with Gasteiger partial charge in [-0.1, -0.05) is 0 Å². The zero-order chi connectivity index (χ0) is 14.5. The number of nitrogens with zero attached hydrogens (tertiary/aromatic N) is 3. The van der Waals surface area contributed by atoms with Gasteiger partial charge in [-0.3, -0.25) is 5.01 Å². The highest BCUT2D eigenvalue weighted by atomic mass is 35.5. The molecule has 2 rings (SSSR count). The van der Waals surface area contributed by atoms with E-state index >= 15 is 0 Å². The molecule has 0 fully saturated rings. The van der Waals surface area contributed by atoms with Crippen LogP contribution in [0.2, 0.25) is 0 Å². The average molecular weight is 306 g/mol. The predicted octanol–water partition coefficient (Wildman–Crippen LogP) is -1.32. The van der Waals surface area contributed by atoms with E-state index in [1.807, 2.05) is 43.2 Å². The average Bonchev–Trinajstić information content (AvgIpc) is 2.46. The second-order valence-corrected chi connectivity index (χ2v) is 4.42. The Hall–Kier alpha value is -2.40. The van der Waals surface area contributed by atoms with Crippen LogP contribution >= 0.6 is 0 Å². The molecule has 110 valence electrons. The van der Waals surface area contributed by atoms with Crippen LogP contribution in [0.1, 0.15) is 15.9 Å². The Balaban J connectivity index is 0.00000220. The van der Waals surface area contributed by atoms with Crippen molar-refractivity contribution < 1.29 is 26.9 Å². The standard InChI is InChI=1S/C15H15N3O2.ClH/c1-17-9-7-12(8-10-17)11-16-18(2)14-5-3-13(4-6-14)15(19)20;/h3-11H,1-2H3;1H. The van der Waals surface area contributed by atoms with Gasteiger partial charge in [0.1, 0.15) is 7.05 Å². The first kappa shape index (κ1) is 16.7. The van der Waals surface area contributed by atoms with Crippen LogP contribution in [-0.4, -0.2) is 24.3 Å². The van der Waals surface area contributed by atoms with E-state index < -0.39 is 5.97 Å². The Kier molecular flexibility index (Phi) is 5.87. The van der Waals surface area contributed by atoms with Crippen molar-refractivity contribution in [1.82, 2.24) is 0 Å². The first-order chi connectivity index (χ1) is 9.56. The van der Waals surface area contributed by atoms with E-state index in [-0.39, 0.29) is 18.0 Å². The van der Waals surface area contributed by atoms with E-state index in [4.69, 9.17) is 5.11 Å². The van der Waals surface area contributed by atoms with Gasteiger partial charge in [0.15, 0.2) is 12.4 Å². The summed E-state index contributed by atoms with van der Waals surface area (Å²) < 4.78 is 1.95. The Bertz CT molecular complexity index is 624. The molecule has 5 nitrogen and oxygen atoms in total. The molecule has 0 amide bonds. The molecule has 0 aliphatic heterocycles. The summed E-state index contributed by atoms with van der Waals surface area (Å²) >= 11 is 0. The number of aromatic nitrogens is 1. The molecule has 21 heavy (non-hydrogen) atoms. The third kappa shape index (κ3) is 4.57. The summed E-state index contributed by atoms with van der Waals surface area (Å²) in [6, 6.07) is 10.5. The molecule has 6 heteroatoms. The van der Waals surface area contributed by atoms with Crippen molar-refractivity contribution in [3.05, 3.63) is 59.9 Å². The molecule has 0 aliphatic rings. The number of hydrogen-bond acceptors (Lipinski definition) is 3. The van der Waals surface area contributed by atoms with Crippen LogP contribution in [0.5, 0.6) is 0 Å². The number of carbonyl (C=O) groups is 1. The first-order valence-electron chi connectivity index (χ1n) is 6.12. The molecule has 0 spiro atoms. The molecule has 0 unspecified atom stereocenters. The topological polar surface area (TPSA) is 56.8 Å². The van der Waals surface area contributed by atoms with Gasteiger partial charge in [-0.2, -0.15) is 5.10 Å². The molecular weight excluding hydrogens is 290 g/mol. The van der Waals surface area contributed by atoms with Gasteiger partial charge in [0.05, 0.1) is 17.5 Å². The van der Waals surface area contributed by atoms with Gasteiger partial charge in [-0.05, 0) is 24.3 Å². The minimum atomic E-state index is -0.931. The monoisotopic (exact) mass is 305 g/mol. The largest absolute Gasteiger partial charge is 1.00 e. The summed E-state index contributed by atoms with van der Waals surface area (Å²) in [5.74, 6) is -0.931. The summed E-state index contributed by atoms with van der Waals surface area (Å²) in [6.45, 7) is 0. The molecule has 1 heterocycles. The Labute approximate surface area is 129 Å². The van der Waals surface area contributed by atoms with Crippen molar-refractivity contribution >= 4 is 17.9 Å². The lowest BCUT2D eigenvalue weighted by Gasteiger charge is -2.12. The van der Waals surface area contributed by atoms with E-state index in [0.717, 1.165) is 11.3 Å². The summed E-state index contributed by atoms with van der Waals surface area (Å²) in [7, 11) is 3.77. The molecule has 0 aliphatic carbocycles. The minimum absolute atomic E-state index is 0. The summed E-state index contributed by atoms with van der Waals surface area (Å²) in [5.41, 5.74) is 2.09. The maximum atomic E-state index is 10.8. The Morgan fingerprint density at radius 1 is 1.19 bits per heavy atom. The lowest BCUT2D eigenvalue weighted by atomic mass is 10.2. The van der Waals surface area contributed by atoms with E-state index in [9.17, 15) is 4.79 Å². The number of benzene rings is 1. The number of carboxylic acid groups (broad SMARTS) is 1. The molecule has 1 N–H and O–H groups in total. The highest BCUT2D eigenvalue weighted by molar-refractivity contribution is 5.88. The van der Waals surface area contributed by atoms with Gasteiger partial charge in [0.25, 0.3) is 0 Å². The van der Waals surface area contributed by atoms with Crippen molar-refractivity contribution in [3.63, 3.8) is 0 Å². The number of halogens is 1. The number of pyridine rings is 1. The molecule has 1 aromatic carbocycles. The second kappa shape index (κ2) is 7.40. The summed E-state index contributed by atoms with van der Waals surface area (Å²) in [5, 5.41) is 14.9. The fourth-order valence-electron chi connectivity index (χ4n) is 1.64. The molecule has 0 radical (unpaired) electrons. The number of hydrazone groups is 1. The van der Waals surface area contributed by atoms with Crippen molar-refractivity contribution in [1.29, 1.82) is 0 Å². The number of aromatic carboxylic acids is 1. The van der Waals surface area contributed by atoms with Crippen molar-refractivity contribution in [2.45, 2.75) is 0 Å². The zero-order valence-electron chi connectivity index (χ0n) is 11.8. The van der Waals surface area contributed by atoms with Crippen LogP contribution < -0.4 is 22.0 Å². The van der Waals surface area contributed by atoms with Crippen molar-refractivity contribution in [2.75, 3.05) is 12.1 Å². The lowest BCUT2D eigenvalue weighted by molar-refractivity contribution is -0.671. The summed E-state index contributed by atoms with van der Waals surface area (Å²) in [4.78, 5) is 10.8. The van der Waals surface area contributed by atoms with Gasteiger partial charge in [0, 0.05) is 24.7 Å². The normalized spacial score (nSPS) is 10.2. The van der Waals surface area contributed by atoms with Crippen LogP contribution in [0.15, 0.2) is 53.9 Å². The van der Waals surface area contributed by atoms with Gasteiger partial charge in [-0.15, -0.1) is 0 Å². The maximum Gasteiger partial charge on any atom is 0.335 e. The van der Waals surface area contributed by atoms with Crippen molar-refractivity contribution in [3.8, 4) is 0 Å². The van der Waals surface area contributed by atoms with Gasteiger partial charge < -0.3 is 17.5 Å². The molecule has 1 aromatic heterocycles. The number of hydrogen-bond donors (Lipinski definition) is 1. The van der Waals surface area contributed by atoms with Crippen LogP contribution in [0.3, 0.4) is 0 Å². The van der Waals surface area contributed by atoms with Gasteiger partial charge in [-0.25, -0.2) is 9.36 Å². The number of anilines is 1. The predicted molar refractivity (Wildman–Crippen MR) is 77.0 cm³/mol. The quantitative estimate of drug-likeness (QED) is 0.433. The van der Waals surface area contributed by atoms with Crippen molar-refractivity contribution in [2.24, 2.45) is 12.1 Å². The van der Waals surface area contributed by atoms with Crippen LogP contribution in [0.4, 0.5) is 5.69 Å². The highest BCUT2D eigenvalue weighted by Crippen LogP contribution is 2.14. The summed E-state index contributed by atoms with van der Waals surface area (Å²) in [6.07, 6.45) is 5.65. The highest BCUT2D eigenvalue weighted by Gasteiger charge is 2.03. The Morgan fingerprint density at radius 2 is 1.76 bits per heavy atom. The second-order valence-electron chi connectivity index (χ2n) is 4.42. The minimum Gasteiger partial charge on any atom is -1.00 e. The fraction of sp³-hybridized carbons (Fsp3) is 0.133. The first-order valence-corrected chi connectivity index (χ1v) is 6.12. The lowest BCUT2D eigenvalue weighted by Crippen LogP contribution is -3.00. The third-order valence-electron chi connectivity index (χ3n) is 2.87. The number of carboxylic acids is 1. The van der Waals surface area contributed by atoms with Crippen LogP contribution in [0, 0.1) is 0 Å². The van der Waals surface area contributed by atoms with E-state index in [1.165, 1.54) is 0 Å². The van der Waals surface area contributed by atoms with Gasteiger partial charge in [0.2, 0.25) is 0 Å². The fourth-order valence-corrected chi connectivity index (χ4v) is 1.64. The molecule has 0 saturated carbocycles. The smallest absolute Gasteiger partial charge is 0.335 e. The van der Waals surface area contributed by atoms with Crippen LogP contribution in [0.25, 0.3) is 0 Å². The van der Waals surface area contributed by atoms with Gasteiger partial charge >= 0.3 is 5.97 Å². The van der Waals surface area contributed by atoms with E-state index in [1.54, 1.807) is 35.5 Å². The van der Waals surface area contributed by atoms with E-state index in [0.29, 0.717) is 0 Å². The maximum absolute atomic E-state index is 10.8. The van der Waals surface area contributed by atoms with E-state index in [2.05, 4.69) is 5.10 Å². The molecule has 0 bridgehead atoms. The zero-order valence-corrected chi connectivity index (χ0v) is 12.5. The molecule has 2 aromatic rings. The molecule has 0 saturated heterocycles.